The Morgan fingerprint density at radius 2 is 1.90 bits per heavy atom. The molecule has 0 aromatic rings. The number of hydrogen-bond donors (Lipinski definition) is 1. The van der Waals surface area contributed by atoms with Crippen LogP contribution in [-0.2, 0) is 9.47 Å². The Bertz CT molecular complexity index is 278. The van der Waals surface area contributed by atoms with Crippen LogP contribution < -0.4 is 5.32 Å². The van der Waals surface area contributed by atoms with Crippen molar-refractivity contribution < 1.29 is 9.47 Å². The van der Waals surface area contributed by atoms with E-state index in [-0.39, 0.29) is 0 Å². The highest BCUT2D eigenvalue weighted by molar-refractivity contribution is 5.01. The van der Waals surface area contributed by atoms with Crippen molar-refractivity contribution in [2.24, 2.45) is 5.92 Å². The summed E-state index contributed by atoms with van der Waals surface area (Å²) in [5.41, 5.74) is 0.317. The lowest BCUT2D eigenvalue weighted by molar-refractivity contribution is 0.0175. The molecule has 1 N–H and O–H groups in total. The molecule has 1 atom stereocenters. The zero-order valence-corrected chi connectivity index (χ0v) is 13.5. The highest BCUT2D eigenvalue weighted by Crippen LogP contribution is 2.38. The lowest BCUT2D eigenvalue weighted by Gasteiger charge is -2.48. The maximum absolute atomic E-state index is 5.67. The van der Waals surface area contributed by atoms with Crippen LogP contribution in [0.1, 0.15) is 39.5 Å². The molecule has 1 heterocycles. The minimum absolute atomic E-state index is 0.317. The average Bonchev–Trinajstić information content (AvgIpc) is 3.31. The maximum Gasteiger partial charge on any atom is 0.0700 e. The van der Waals surface area contributed by atoms with Gasteiger partial charge in [0.25, 0.3) is 0 Å². The quantitative estimate of drug-likeness (QED) is 0.656. The van der Waals surface area contributed by atoms with E-state index in [0.29, 0.717) is 18.8 Å². The van der Waals surface area contributed by atoms with Gasteiger partial charge in [-0.05, 0) is 31.6 Å². The fraction of sp³-hybridized carbons (Fsp3) is 1.00. The van der Waals surface area contributed by atoms with Crippen molar-refractivity contribution in [1.82, 2.24) is 10.2 Å². The first-order chi connectivity index (χ1) is 9.74. The van der Waals surface area contributed by atoms with Gasteiger partial charge in [-0.15, -0.1) is 0 Å². The van der Waals surface area contributed by atoms with Crippen molar-refractivity contribution in [1.29, 1.82) is 0 Å². The predicted octanol–water partition coefficient (Wildman–Crippen LogP) is 1.89. The van der Waals surface area contributed by atoms with E-state index in [4.69, 9.17) is 9.47 Å². The third-order valence-corrected chi connectivity index (χ3v) is 5.14. The molecular weight excluding hydrogens is 252 g/mol. The van der Waals surface area contributed by atoms with Crippen molar-refractivity contribution in [2.45, 2.75) is 51.1 Å². The van der Waals surface area contributed by atoms with E-state index < -0.39 is 0 Å². The summed E-state index contributed by atoms with van der Waals surface area (Å²) in [7, 11) is 1.72. The average molecular weight is 284 g/mol. The molecule has 118 valence electrons. The second-order valence-electron chi connectivity index (χ2n) is 6.35. The van der Waals surface area contributed by atoms with Crippen LogP contribution in [0.3, 0.4) is 0 Å². The molecule has 4 nitrogen and oxygen atoms in total. The van der Waals surface area contributed by atoms with Crippen LogP contribution in [0.15, 0.2) is 0 Å². The van der Waals surface area contributed by atoms with Gasteiger partial charge in [0, 0.05) is 38.3 Å². The Kier molecular flexibility index (Phi) is 6.27. The lowest BCUT2D eigenvalue weighted by Crippen LogP contribution is -2.64. The van der Waals surface area contributed by atoms with E-state index in [9.17, 15) is 0 Å². The summed E-state index contributed by atoms with van der Waals surface area (Å²) >= 11 is 0. The van der Waals surface area contributed by atoms with Gasteiger partial charge in [-0.3, -0.25) is 4.90 Å². The summed E-state index contributed by atoms with van der Waals surface area (Å²) in [5, 5.41) is 3.84. The Labute approximate surface area is 124 Å². The first-order valence-electron chi connectivity index (χ1n) is 8.30. The Hall–Kier alpha value is -0.160. The number of nitrogens with zero attached hydrogens (tertiary/aromatic N) is 1. The van der Waals surface area contributed by atoms with Gasteiger partial charge in [-0.25, -0.2) is 0 Å². The van der Waals surface area contributed by atoms with Gasteiger partial charge in [0.15, 0.2) is 0 Å². The molecule has 0 amide bonds. The molecule has 4 heteroatoms. The molecule has 1 saturated heterocycles. The first kappa shape index (κ1) is 16.2. The second-order valence-corrected chi connectivity index (χ2v) is 6.35. The number of hydrogen-bond acceptors (Lipinski definition) is 4. The number of ether oxygens (including phenoxy) is 2. The van der Waals surface area contributed by atoms with E-state index in [1.54, 1.807) is 7.11 Å². The zero-order chi connectivity index (χ0) is 14.4. The normalized spacial score (nSPS) is 26.9. The van der Waals surface area contributed by atoms with E-state index in [1.165, 1.54) is 32.2 Å². The SMILES string of the molecule is CCC1(CC)CN(CCOCCOC)C(C2CC2)CN1. The molecule has 1 unspecified atom stereocenters. The Morgan fingerprint density at radius 3 is 2.50 bits per heavy atom. The molecule has 0 spiro atoms. The standard InChI is InChI=1S/C16H32N2O2/c1-4-16(5-2)13-18(8-9-20-11-10-19-3)15(12-17-16)14-6-7-14/h14-15,17H,4-13H2,1-3H3. The number of methoxy groups -OCH3 is 1. The van der Waals surface area contributed by atoms with E-state index in [1.807, 2.05) is 0 Å². The second kappa shape index (κ2) is 7.74. The topological polar surface area (TPSA) is 33.7 Å². The number of rotatable bonds is 9. The Morgan fingerprint density at radius 1 is 1.15 bits per heavy atom. The molecule has 2 aliphatic rings. The minimum atomic E-state index is 0.317. The molecule has 0 aromatic heterocycles. The van der Waals surface area contributed by atoms with Crippen molar-refractivity contribution in [3.8, 4) is 0 Å². The Balaban J connectivity index is 1.83. The number of piperazine rings is 1. The largest absolute Gasteiger partial charge is 0.382 e. The molecule has 1 saturated carbocycles. The van der Waals surface area contributed by atoms with Crippen molar-refractivity contribution in [2.75, 3.05) is 46.6 Å². The first-order valence-corrected chi connectivity index (χ1v) is 8.30. The van der Waals surface area contributed by atoms with Crippen molar-refractivity contribution in [3.63, 3.8) is 0 Å². The molecule has 20 heavy (non-hydrogen) atoms. The highest BCUT2D eigenvalue weighted by Gasteiger charge is 2.42. The van der Waals surface area contributed by atoms with Crippen LogP contribution in [0, 0.1) is 5.92 Å². The number of nitrogens with one attached hydrogen (secondary N) is 1. The van der Waals surface area contributed by atoms with Gasteiger partial charge in [-0.2, -0.15) is 0 Å². The molecule has 0 aromatic carbocycles. The summed E-state index contributed by atoms with van der Waals surface area (Å²) < 4.78 is 10.7. The van der Waals surface area contributed by atoms with Crippen molar-refractivity contribution in [3.05, 3.63) is 0 Å². The molecule has 0 radical (unpaired) electrons. The molecule has 1 aliphatic heterocycles. The molecule has 2 fully saturated rings. The predicted molar refractivity (Wildman–Crippen MR) is 82.1 cm³/mol. The van der Waals surface area contributed by atoms with E-state index >= 15 is 0 Å². The van der Waals surface area contributed by atoms with Crippen LogP contribution in [0.5, 0.6) is 0 Å². The maximum atomic E-state index is 5.67. The monoisotopic (exact) mass is 284 g/mol. The van der Waals surface area contributed by atoms with Gasteiger partial charge >= 0.3 is 0 Å². The fourth-order valence-corrected chi connectivity index (χ4v) is 3.35. The van der Waals surface area contributed by atoms with Crippen molar-refractivity contribution >= 4 is 0 Å². The van der Waals surface area contributed by atoms with Gasteiger partial charge in [-0.1, -0.05) is 13.8 Å². The molecular formula is C16H32N2O2. The third-order valence-electron chi connectivity index (χ3n) is 5.14. The zero-order valence-electron chi connectivity index (χ0n) is 13.5. The fourth-order valence-electron chi connectivity index (χ4n) is 3.35. The smallest absolute Gasteiger partial charge is 0.0700 e. The van der Waals surface area contributed by atoms with Crippen LogP contribution in [-0.4, -0.2) is 63.0 Å². The summed E-state index contributed by atoms with van der Waals surface area (Å²) in [6, 6.07) is 0.729. The summed E-state index contributed by atoms with van der Waals surface area (Å²) in [4.78, 5) is 2.69. The van der Waals surface area contributed by atoms with Crippen LogP contribution in [0.2, 0.25) is 0 Å². The van der Waals surface area contributed by atoms with Crippen LogP contribution in [0.25, 0.3) is 0 Å². The van der Waals surface area contributed by atoms with Crippen LogP contribution in [0.4, 0.5) is 0 Å². The summed E-state index contributed by atoms with van der Waals surface area (Å²) in [5.74, 6) is 0.924. The highest BCUT2D eigenvalue weighted by atomic mass is 16.5. The van der Waals surface area contributed by atoms with Gasteiger partial charge in [0.2, 0.25) is 0 Å². The summed E-state index contributed by atoms with van der Waals surface area (Å²) in [6.07, 6.45) is 5.25. The van der Waals surface area contributed by atoms with Crippen LogP contribution >= 0.6 is 0 Å². The van der Waals surface area contributed by atoms with E-state index in [0.717, 1.165) is 31.7 Å². The molecule has 2 rings (SSSR count). The lowest BCUT2D eigenvalue weighted by atomic mass is 9.87. The van der Waals surface area contributed by atoms with Gasteiger partial charge in [0.05, 0.1) is 19.8 Å². The van der Waals surface area contributed by atoms with Gasteiger partial charge in [0.1, 0.15) is 0 Å². The molecule has 1 aliphatic carbocycles. The van der Waals surface area contributed by atoms with Gasteiger partial charge < -0.3 is 14.8 Å². The third kappa shape index (κ3) is 4.17. The van der Waals surface area contributed by atoms with E-state index in [2.05, 4.69) is 24.1 Å². The summed E-state index contributed by atoms with van der Waals surface area (Å²) in [6.45, 7) is 10.2. The minimum Gasteiger partial charge on any atom is -0.382 e. The molecule has 0 bridgehead atoms.